The quantitative estimate of drug-likeness (QED) is 0.868. The van der Waals surface area contributed by atoms with E-state index in [1.165, 1.54) is 31.4 Å². The number of nitrogens with two attached hydrogens (primary N) is 1. The summed E-state index contributed by atoms with van der Waals surface area (Å²) in [5.41, 5.74) is 5.83. The van der Waals surface area contributed by atoms with E-state index in [0.29, 0.717) is 4.47 Å². The zero-order valence-electron chi connectivity index (χ0n) is 10.7. The van der Waals surface area contributed by atoms with Crippen molar-refractivity contribution >= 4 is 49.1 Å². The van der Waals surface area contributed by atoms with E-state index in [0.717, 1.165) is 10.4 Å². The van der Waals surface area contributed by atoms with Gasteiger partial charge in [0.2, 0.25) is 0 Å². The first-order valence-corrected chi connectivity index (χ1v) is 8.19. The van der Waals surface area contributed by atoms with Crippen molar-refractivity contribution in [2.75, 3.05) is 17.1 Å². The van der Waals surface area contributed by atoms with Crippen LogP contribution < -0.4 is 10.0 Å². The Morgan fingerprint density at radius 1 is 1.38 bits per heavy atom. The average Bonchev–Trinajstić information content (AvgIpc) is 2.43. The number of rotatable bonds is 3. The fourth-order valence-corrected chi connectivity index (χ4v) is 3.54. The van der Waals surface area contributed by atoms with Gasteiger partial charge >= 0.3 is 0 Å². The van der Waals surface area contributed by atoms with Gasteiger partial charge in [-0.1, -0.05) is 11.6 Å². The molecule has 5 nitrogen and oxygen atoms in total. The molecular weight excluding hydrogens is 385 g/mol. The highest BCUT2D eigenvalue weighted by Crippen LogP contribution is 2.29. The Kier molecular flexibility index (Phi) is 4.40. The van der Waals surface area contributed by atoms with E-state index in [9.17, 15) is 12.8 Å². The number of hydrogen-bond donors (Lipinski definition) is 1. The summed E-state index contributed by atoms with van der Waals surface area (Å²) in [6, 6.07) is 4.96. The van der Waals surface area contributed by atoms with Crippen molar-refractivity contribution in [3.05, 3.63) is 45.8 Å². The van der Waals surface area contributed by atoms with Gasteiger partial charge in [-0.3, -0.25) is 4.31 Å². The smallest absolute Gasteiger partial charge is 0.267 e. The lowest BCUT2D eigenvalue weighted by atomic mass is 10.3. The van der Waals surface area contributed by atoms with Gasteiger partial charge in [0.15, 0.2) is 0 Å². The minimum atomic E-state index is -3.94. The van der Waals surface area contributed by atoms with Gasteiger partial charge in [-0.2, -0.15) is 0 Å². The number of sulfonamides is 1. The molecule has 0 atom stereocenters. The second kappa shape index (κ2) is 5.78. The minimum Gasteiger partial charge on any atom is -0.383 e. The Labute approximate surface area is 134 Å². The minimum absolute atomic E-state index is 0.127. The van der Waals surface area contributed by atoms with Crippen molar-refractivity contribution in [3.8, 4) is 0 Å². The summed E-state index contributed by atoms with van der Waals surface area (Å²) < 4.78 is 39.7. The standard InChI is InChI=1S/C12H10BrClFN3O2S/c1-18(8-2-3-10(15)9(14)5-8)21(19,20)11-4-7(13)6-17-12(11)16/h2-6H,1H3,(H2,16,17). The van der Waals surface area contributed by atoms with Crippen LogP contribution in [0.25, 0.3) is 0 Å². The van der Waals surface area contributed by atoms with Crippen LogP contribution >= 0.6 is 27.5 Å². The summed E-state index contributed by atoms with van der Waals surface area (Å²) in [5, 5.41) is -0.171. The van der Waals surface area contributed by atoms with Gasteiger partial charge in [0.25, 0.3) is 10.0 Å². The SMILES string of the molecule is CN(c1ccc(F)c(Cl)c1)S(=O)(=O)c1cc(Br)cnc1N. The molecule has 0 radical (unpaired) electrons. The number of nitrogens with zero attached hydrogens (tertiary/aromatic N) is 2. The summed E-state index contributed by atoms with van der Waals surface area (Å²) in [5.74, 6) is -0.756. The van der Waals surface area contributed by atoms with Crippen LogP contribution in [0.15, 0.2) is 39.8 Å². The van der Waals surface area contributed by atoms with Gasteiger partial charge in [0, 0.05) is 17.7 Å². The van der Waals surface area contributed by atoms with E-state index in [4.69, 9.17) is 17.3 Å². The zero-order valence-corrected chi connectivity index (χ0v) is 13.9. The Morgan fingerprint density at radius 3 is 2.67 bits per heavy atom. The van der Waals surface area contributed by atoms with Crippen LogP contribution in [0.2, 0.25) is 5.02 Å². The topological polar surface area (TPSA) is 76.3 Å². The molecule has 0 aliphatic heterocycles. The van der Waals surface area contributed by atoms with Crippen molar-refractivity contribution in [2.24, 2.45) is 0 Å². The molecule has 0 spiro atoms. The normalized spacial score (nSPS) is 11.4. The van der Waals surface area contributed by atoms with Crippen LogP contribution in [0.4, 0.5) is 15.9 Å². The van der Waals surface area contributed by atoms with Crippen LogP contribution in [-0.4, -0.2) is 20.4 Å². The number of halogens is 3. The van der Waals surface area contributed by atoms with Gasteiger partial charge in [-0.05, 0) is 40.2 Å². The first-order valence-electron chi connectivity index (χ1n) is 5.58. The molecule has 2 aromatic rings. The molecule has 2 N–H and O–H groups in total. The van der Waals surface area contributed by atoms with Gasteiger partial charge in [-0.25, -0.2) is 17.8 Å². The molecule has 0 aliphatic carbocycles. The number of nitrogen functional groups attached to an aromatic ring is 1. The highest BCUT2D eigenvalue weighted by atomic mass is 79.9. The maximum atomic E-state index is 13.2. The maximum Gasteiger partial charge on any atom is 0.267 e. The van der Waals surface area contributed by atoms with Crippen LogP contribution in [-0.2, 0) is 10.0 Å². The summed E-state index contributed by atoms with van der Waals surface area (Å²) in [7, 11) is -2.62. The van der Waals surface area contributed by atoms with Crippen molar-refractivity contribution in [2.45, 2.75) is 4.90 Å². The molecule has 0 amide bonds. The van der Waals surface area contributed by atoms with E-state index in [-0.39, 0.29) is 21.4 Å². The van der Waals surface area contributed by atoms with Crippen molar-refractivity contribution in [1.29, 1.82) is 0 Å². The highest BCUT2D eigenvalue weighted by molar-refractivity contribution is 9.10. The molecule has 1 aromatic carbocycles. The molecule has 0 unspecified atom stereocenters. The highest BCUT2D eigenvalue weighted by Gasteiger charge is 2.25. The molecule has 9 heteroatoms. The molecule has 2 rings (SSSR count). The van der Waals surface area contributed by atoms with Gasteiger partial charge in [0.05, 0.1) is 10.7 Å². The van der Waals surface area contributed by atoms with Crippen LogP contribution in [0, 0.1) is 5.82 Å². The Bertz CT molecular complexity index is 801. The second-order valence-electron chi connectivity index (χ2n) is 4.11. The lowest BCUT2D eigenvalue weighted by Crippen LogP contribution is -2.27. The Morgan fingerprint density at radius 2 is 2.05 bits per heavy atom. The van der Waals surface area contributed by atoms with Gasteiger partial charge in [-0.15, -0.1) is 0 Å². The van der Waals surface area contributed by atoms with E-state index >= 15 is 0 Å². The molecule has 0 saturated carbocycles. The van der Waals surface area contributed by atoms with Crippen molar-refractivity contribution < 1.29 is 12.8 Å². The fourth-order valence-electron chi connectivity index (χ4n) is 1.61. The van der Waals surface area contributed by atoms with Crippen molar-refractivity contribution in [3.63, 3.8) is 0 Å². The monoisotopic (exact) mass is 393 g/mol. The molecule has 0 aliphatic rings. The Hall–Kier alpha value is -1.38. The molecule has 21 heavy (non-hydrogen) atoms. The van der Waals surface area contributed by atoms with Gasteiger partial charge < -0.3 is 5.73 Å². The van der Waals surface area contributed by atoms with Crippen molar-refractivity contribution in [1.82, 2.24) is 4.98 Å². The lowest BCUT2D eigenvalue weighted by molar-refractivity contribution is 0.594. The number of anilines is 2. The number of pyridine rings is 1. The molecule has 0 fully saturated rings. The summed E-state index contributed by atoms with van der Waals surface area (Å²) in [6.07, 6.45) is 1.39. The molecule has 0 saturated heterocycles. The van der Waals surface area contributed by atoms with Gasteiger partial charge in [0.1, 0.15) is 16.5 Å². The number of benzene rings is 1. The third kappa shape index (κ3) is 3.12. The number of hydrogen-bond acceptors (Lipinski definition) is 4. The fraction of sp³-hybridized carbons (Fsp3) is 0.0833. The van der Waals surface area contributed by atoms with Crippen LogP contribution in [0.3, 0.4) is 0 Å². The van der Waals surface area contributed by atoms with E-state index in [1.807, 2.05) is 0 Å². The van der Waals surface area contributed by atoms with E-state index in [2.05, 4.69) is 20.9 Å². The molecular formula is C12H10BrClFN3O2S. The molecule has 1 heterocycles. The number of aromatic nitrogens is 1. The summed E-state index contributed by atoms with van der Waals surface area (Å²) >= 11 is 8.81. The third-order valence-corrected chi connectivity index (χ3v) is 5.29. The Balaban J connectivity index is 2.52. The lowest BCUT2D eigenvalue weighted by Gasteiger charge is -2.20. The zero-order chi connectivity index (χ0) is 15.8. The second-order valence-corrected chi connectivity index (χ2v) is 7.37. The van der Waals surface area contributed by atoms with E-state index < -0.39 is 15.8 Å². The third-order valence-electron chi connectivity index (χ3n) is 2.75. The predicted molar refractivity (Wildman–Crippen MR) is 83.3 cm³/mol. The maximum absolute atomic E-state index is 13.2. The first-order chi connectivity index (χ1) is 9.73. The average molecular weight is 395 g/mol. The predicted octanol–water partition coefficient (Wildman–Crippen LogP) is 3.04. The largest absolute Gasteiger partial charge is 0.383 e. The summed E-state index contributed by atoms with van der Waals surface area (Å²) in [4.78, 5) is 3.64. The van der Waals surface area contributed by atoms with Crippen LogP contribution in [0.1, 0.15) is 0 Å². The molecule has 112 valence electrons. The van der Waals surface area contributed by atoms with Crippen LogP contribution in [0.5, 0.6) is 0 Å². The van der Waals surface area contributed by atoms with E-state index in [1.54, 1.807) is 0 Å². The first kappa shape index (κ1) is 16.0. The molecule has 0 bridgehead atoms. The molecule has 1 aromatic heterocycles. The summed E-state index contributed by atoms with van der Waals surface area (Å²) in [6.45, 7) is 0.